The molecule has 0 aliphatic rings. The van der Waals surface area contributed by atoms with Crippen LogP contribution in [0.5, 0.6) is 0 Å². The predicted octanol–water partition coefficient (Wildman–Crippen LogP) is 4.58. The minimum absolute atomic E-state index is 0.0814. The van der Waals surface area contributed by atoms with Gasteiger partial charge in [0, 0.05) is 21.8 Å². The van der Waals surface area contributed by atoms with Crippen LogP contribution in [0.15, 0.2) is 33.4 Å². The van der Waals surface area contributed by atoms with Crippen molar-refractivity contribution in [2.45, 2.75) is 12.5 Å². The van der Waals surface area contributed by atoms with E-state index in [0.29, 0.717) is 12.0 Å². The van der Waals surface area contributed by atoms with Gasteiger partial charge in [-0.25, -0.2) is 4.39 Å². The highest BCUT2D eigenvalue weighted by molar-refractivity contribution is 9.10. The molecule has 1 nitrogen and oxygen atoms in total. The van der Waals surface area contributed by atoms with Crippen molar-refractivity contribution in [1.29, 1.82) is 0 Å². The van der Waals surface area contributed by atoms with Gasteiger partial charge >= 0.3 is 0 Å². The summed E-state index contributed by atoms with van der Waals surface area (Å²) in [6.45, 7) is 0. The molecule has 90 valence electrons. The van der Waals surface area contributed by atoms with Crippen LogP contribution in [0.2, 0.25) is 5.02 Å². The van der Waals surface area contributed by atoms with Gasteiger partial charge in [-0.15, -0.1) is 0 Å². The normalized spacial score (nSPS) is 12.7. The molecule has 0 spiro atoms. The van der Waals surface area contributed by atoms with E-state index in [4.69, 9.17) is 11.6 Å². The van der Waals surface area contributed by atoms with E-state index in [1.54, 1.807) is 12.1 Å². The molecule has 1 atom stereocenters. The number of rotatable bonds is 3. The summed E-state index contributed by atoms with van der Waals surface area (Å²) in [7, 11) is 0. The molecule has 1 unspecified atom stereocenters. The lowest BCUT2D eigenvalue weighted by Gasteiger charge is -2.11. The molecule has 0 radical (unpaired) electrons. The van der Waals surface area contributed by atoms with Gasteiger partial charge in [-0.3, -0.25) is 0 Å². The maximum absolute atomic E-state index is 13.2. The molecule has 1 N–H and O–H groups in total. The first-order valence-electron chi connectivity index (χ1n) is 4.92. The topological polar surface area (TPSA) is 20.2 Å². The van der Waals surface area contributed by atoms with Crippen LogP contribution >= 0.6 is 38.9 Å². The number of hydrogen-bond donors (Lipinski definition) is 1. The van der Waals surface area contributed by atoms with Crippen LogP contribution in [0, 0.1) is 5.82 Å². The van der Waals surface area contributed by atoms with Crippen molar-refractivity contribution in [3.8, 4) is 0 Å². The minimum atomic E-state index is -0.685. The molecule has 17 heavy (non-hydrogen) atoms. The second kappa shape index (κ2) is 5.48. The molecular weight excluding hydrogens is 327 g/mol. The number of thiophene rings is 1. The third-order valence-corrected chi connectivity index (χ3v) is 4.62. The molecule has 0 amide bonds. The van der Waals surface area contributed by atoms with E-state index in [2.05, 4.69) is 15.9 Å². The Morgan fingerprint density at radius 3 is 2.82 bits per heavy atom. The molecule has 2 rings (SSSR count). The maximum Gasteiger partial charge on any atom is 0.142 e. The third kappa shape index (κ3) is 2.88. The maximum atomic E-state index is 13.2. The van der Waals surface area contributed by atoms with Crippen LogP contribution in [0.1, 0.15) is 17.2 Å². The van der Waals surface area contributed by atoms with Gasteiger partial charge in [0.2, 0.25) is 0 Å². The van der Waals surface area contributed by atoms with Gasteiger partial charge in [-0.2, -0.15) is 11.3 Å². The molecule has 2 aromatic rings. The molecule has 0 saturated heterocycles. The van der Waals surface area contributed by atoms with Gasteiger partial charge < -0.3 is 5.11 Å². The van der Waals surface area contributed by atoms with Crippen LogP contribution < -0.4 is 0 Å². The van der Waals surface area contributed by atoms with Crippen molar-refractivity contribution in [3.63, 3.8) is 0 Å². The monoisotopic (exact) mass is 334 g/mol. The van der Waals surface area contributed by atoms with Crippen LogP contribution in [-0.4, -0.2) is 5.11 Å². The van der Waals surface area contributed by atoms with E-state index in [1.807, 2.05) is 10.8 Å². The van der Waals surface area contributed by atoms with E-state index in [9.17, 15) is 9.50 Å². The molecule has 0 bridgehead atoms. The first-order valence-corrected chi connectivity index (χ1v) is 7.03. The Bertz CT molecular complexity index is 529. The fourth-order valence-electron chi connectivity index (χ4n) is 1.55. The van der Waals surface area contributed by atoms with Crippen LogP contribution in [0.3, 0.4) is 0 Å². The fourth-order valence-corrected chi connectivity index (χ4v) is 3.36. The smallest absolute Gasteiger partial charge is 0.142 e. The molecular formula is C12H9BrClFOS. The second-order valence-corrected chi connectivity index (χ2v) is 5.58. The summed E-state index contributed by atoms with van der Waals surface area (Å²) in [6, 6.07) is 4.61. The Kier molecular flexibility index (Phi) is 4.20. The molecule has 0 fully saturated rings. The lowest BCUT2D eigenvalue weighted by Crippen LogP contribution is -2.02. The summed E-state index contributed by atoms with van der Waals surface area (Å²) < 4.78 is 14.1. The molecule has 1 aromatic heterocycles. The number of aliphatic hydroxyl groups is 1. The lowest BCUT2D eigenvalue weighted by atomic mass is 10.0. The van der Waals surface area contributed by atoms with Crippen LogP contribution in [0.4, 0.5) is 4.39 Å². The second-order valence-electron chi connectivity index (χ2n) is 3.61. The van der Waals surface area contributed by atoms with Gasteiger partial charge in [0.05, 0.1) is 11.1 Å². The Labute approximate surface area is 116 Å². The van der Waals surface area contributed by atoms with Gasteiger partial charge in [-0.1, -0.05) is 23.7 Å². The Morgan fingerprint density at radius 1 is 1.41 bits per heavy atom. The minimum Gasteiger partial charge on any atom is -0.388 e. The van der Waals surface area contributed by atoms with Gasteiger partial charge in [0.25, 0.3) is 0 Å². The zero-order valence-corrected chi connectivity index (χ0v) is 11.8. The Balaban J connectivity index is 2.22. The quantitative estimate of drug-likeness (QED) is 0.870. The van der Waals surface area contributed by atoms with E-state index in [-0.39, 0.29) is 5.02 Å². The molecule has 0 aliphatic carbocycles. The standard InChI is InChI=1S/C12H9BrClFOS/c13-9-6-17-5-8(9)11(16)4-7-2-1-3-10(15)12(7)14/h1-3,5-6,11,16H,4H2. The van der Waals surface area contributed by atoms with E-state index >= 15 is 0 Å². The van der Waals surface area contributed by atoms with Gasteiger partial charge in [0.15, 0.2) is 0 Å². The summed E-state index contributed by atoms with van der Waals surface area (Å²) >= 11 is 10.7. The van der Waals surface area contributed by atoms with Crippen LogP contribution in [0.25, 0.3) is 0 Å². The molecule has 1 aromatic carbocycles. The van der Waals surface area contributed by atoms with Crippen molar-refractivity contribution >= 4 is 38.9 Å². The van der Waals surface area contributed by atoms with Crippen molar-refractivity contribution in [2.24, 2.45) is 0 Å². The van der Waals surface area contributed by atoms with Crippen molar-refractivity contribution in [2.75, 3.05) is 0 Å². The van der Waals surface area contributed by atoms with Crippen molar-refractivity contribution in [3.05, 3.63) is 55.4 Å². The Morgan fingerprint density at radius 2 is 2.18 bits per heavy atom. The lowest BCUT2D eigenvalue weighted by molar-refractivity contribution is 0.178. The predicted molar refractivity (Wildman–Crippen MR) is 72.1 cm³/mol. The molecule has 1 heterocycles. The number of benzene rings is 1. The van der Waals surface area contributed by atoms with Crippen molar-refractivity contribution in [1.82, 2.24) is 0 Å². The highest BCUT2D eigenvalue weighted by Crippen LogP contribution is 2.31. The fraction of sp³-hybridized carbons (Fsp3) is 0.167. The summed E-state index contributed by atoms with van der Waals surface area (Å²) in [5, 5.41) is 13.9. The summed E-state index contributed by atoms with van der Waals surface area (Å²) in [5.74, 6) is -0.458. The van der Waals surface area contributed by atoms with Crippen molar-refractivity contribution < 1.29 is 9.50 Å². The highest BCUT2D eigenvalue weighted by Gasteiger charge is 2.15. The average Bonchev–Trinajstić information content (AvgIpc) is 2.71. The molecule has 0 saturated carbocycles. The first-order chi connectivity index (χ1) is 8.09. The van der Waals surface area contributed by atoms with Gasteiger partial charge in [-0.05, 0) is 32.9 Å². The number of halogens is 3. The zero-order valence-electron chi connectivity index (χ0n) is 8.66. The van der Waals surface area contributed by atoms with E-state index in [0.717, 1.165) is 10.0 Å². The molecule has 0 aliphatic heterocycles. The summed E-state index contributed by atoms with van der Waals surface area (Å²) in [5.41, 5.74) is 1.41. The van der Waals surface area contributed by atoms with E-state index in [1.165, 1.54) is 17.4 Å². The summed E-state index contributed by atoms with van der Waals surface area (Å²) in [6.07, 6.45) is -0.388. The third-order valence-electron chi connectivity index (χ3n) is 2.45. The highest BCUT2D eigenvalue weighted by atomic mass is 79.9. The van der Waals surface area contributed by atoms with Gasteiger partial charge in [0.1, 0.15) is 5.82 Å². The number of hydrogen-bond acceptors (Lipinski definition) is 2. The van der Waals surface area contributed by atoms with Crippen LogP contribution in [-0.2, 0) is 6.42 Å². The number of aliphatic hydroxyl groups excluding tert-OH is 1. The Hall–Kier alpha value is -0.420. The zero-order chi connectivity index (χ0) is 12.4. The largest absolute Gasteiger partial charge is 0.388 e. The average molecular weight is 336 g/mol. The van der Waals surface area contributed by atoms with E-state index < -0.39 is 11.9 Å². The first kappa shape index (κ1) is 13.0. The summed E-state index contributed by atoms with van der Waals surface area (Å²) in [4.78, 5) is 0. The SMILES string of the molecule is OC(Cc1cccc(F)c1Cl)c1cscc1Br. The molecule has 5 heteroatoms.